The van der Waals surface area contributed by atoms with Gasteiger partial charge in [0.2, 0.25) is 0 Å². The third kappa shape index (κ3) is 1.80. The van der Waals surface area contributed by atoms with E-state index in [1.807, 2.05) is 18.2 Å². The molecule has 0 saturated carbocycles. The predicted octanol–water partition coefficient (Wildman–Crippen LogP) is 1.52. The van der Waals surface area contributed by atoms with E-state index in [-0.39, 0.29) is 11.8 Å². The average molecular weight is 248 g/mol. The van der Waals surface area contributed by atoms with Crippen LogP contribution in [-0.4, -0.2) is 29.4 Å². The standard InChI is InChI=1S/C13H16N2O3/c1-17-11-6-2-5-10-12(11)15(13(16)14-10)8-9-4-3-7-18-9/h2,5-6,9H,3-4,7-8H2,1H3,(H,14,16). The zero-order valence-corrected chi connectivity index (χ0v) is 10.3. The van der Waals surface area contributed by atoms with E-state index in [1.54, 1.807) is 11.7 Å². The molecule has 1 N–H and O–H groups in total. The summed E-state index contributed by atoms with van der Waals surface area (Å²) in [4.78, 5) is 14.8. The minimum atomic E-state index is -0.106. The number of benzene rings is 1. The van der Waals surface area contributed by atoms with E-state index < -0.39 is 0 Å². The van der Waals surface area contributed by atoms with E-state index in [9.17, 15) is 4.79 Å². The number of nitrogens with one attached hydrogen (secondary N) is 1. The van der Waals surface area contributed by atoms with Gasteiger partial charge in [0, 0.05) is 6.61 Å². The first-order valence-electron chi connectivity index (χ1n) is 6.16. The number of hydrogen-bond donors (Lipinski definition) is 1. The van der Waals surface area contributed by atoms with Crippen LogP contribution in [0.15, 0.2) is 23.0 Å². The van der Waals surface area contributed by atoms with Crippen molar-refractivity contribution in [1.82, 2.24) is 9.55 Å². The molecule has 5 nitrogen and oxygen atoms in total. The van der Waals surface area contributed by atoms with Crippen LogP contribution in [0.2, 0.25) is 0 Å². The summed E-state index contributed by atoms with van der Waals surface area (Å²) in [6, 6.07) is 5.61. The first-order chi connectivity index (χ1) is 8.79. The molecule has 5 heteroatoms. The quantitative estimate of drug-likeness (QED) is 0.896. The van der Waals surface area contributed by atoms with Gasteiger partial charge in [-0.3, -0.25) is 4.57 Å². The Balaban J connectivity index is 2.08. The number of imidazole rings is 1. The van der Waals surface area contributed by atoms with Crippen LogP contribution in [0.1, 0.15) is 12.8 Å². The zero-order valence-electron chi connectivity index (χ0n) is 10.3. The normalized spacial score (nSPS) is 19.5. The van der Waals surface area contributed by atoms with Crippen LogP contribution in [0, 0.1) is 0 Å². The molecule has 1 unspecified atom stereocenters. The van der Waals surface area contributed by atoms with Crippen molar-refractivity contribution < 1.29 is 9.47 Å². The third-order valence-corrected chi connectivity index (χ3v) is 3.39. The number of rotatable bonds is 3. The molecule has 1 aromatic heterocycles. The monoisotopic (exact) mass is 248 g/mol. The molecule has 1 saturated heterocycles. The van der Waals surface area contributed by atoms with Gasteiger partial charge in [0.25, 0.3) is 0 Å². The predicted molar refractivity (Wildman–Crippen MR) is 68.1 cm³/mol. The van der Waals surface area contributed by atoms with Crippen molar-refractivity contribution in [3.8, 4) is 5.75 Å². The Hall–Kier alpha value is -1.75. The van der Waals surface area contributed by atoms with Gasteiger partial charge in [0.1, 0.15) is 11.3 Å². The van der Waals surface area contributed by atoms with Gasteiger partial charge in [-0.1, -0.05) is 6.07 Å². The average Bonchev–Trinajstić information content (AvgIpc) is 2.98. The number of methoxy groups -OCH3 is 1. The second kappa shape index (κ2) is 4.49. The van der Waals surface area contributed by atoms with Crippen molar-refractivity contribution in [2.24, 2.45) is 0 Å². The molecule has 96 valence electrons. The van der Waals surface area contributed by atoms with Gasteiger partial charge in [0.05, 0.1) is 25.3 Å². The smallest absolute Gasteiger partial charge is 0.326 e. The zero-order chi connectivity index (χ0) is 12.5. The van der Waals surface area contributed by atoms with Crippen molar-refractivity contribution in [2.45, 2.75) is 25.5 Å². The summed E-state index contributed by atoms with van der Waals surface area (Å²) < 4.78 is 12.6. The summed E-state index contributed by atoms with van der Waals surface area (Å²) in [5, 5.41) is 0. The summed E-state index contributed by atoms with van der Waals surface area (Å²) in [5.41, 5.74) is 1.52. The molecular formula is C13H16N2O3. The Kier molecular flexibility index (Phi) is 2.83. The summed E-state index contributed by atoms with van der Waals surface area (Å²) >= 11 is 0. The van der Waals surface area contributed by atoms with E-state index in [0.29, 0.717) is 12.3 Å². The topological polar surface area (TPSA) is 56.2 Å². The minimum absolute atomic E-state index is 0.106. The molecular weight excluding hydrogens is 232 g/mol. The Morgan fingerprint density at radius 3 is 3.17 bits per heavy atom. The van der Waals surface area contributed by atoms with Gasteiger partial charge in [-0.2, -0.15) is 0 Å². The van der Waals surface area contributed by atoms with Crippen LogP contribution < -0.4 is 10.4 Å². The first-order valence-corrected chi connectivity index (χ1v) is 6.16. The number of H-pyrrole nitrogens is 1. The Morgan fingerprint density at radius 2 is 2.44 bits per heavy atom. The van der Waals surface area contributed by atoms with Crippen molar-refractivity contribution >= 4 is 11.0 Å². The molecule has 2 aromatic rings. The Bertz CT molecular complexity index is 608. The molecule has 18 heavy (non-hydrogen) atoms. The van der Waals surface area contributed by atoms with Crippen molar-refractivity contribution in [1.29, 1.82) is 0 Å². The number of ether oxygens (including phenoxy) is 2. The van der Waals surface area contributed by atoms with Crippen molar-refractivity contribution in [2.75, 3.05) is 13.7 Å². The highest BCUT2D eigenvalue weighted by molar-refractivity contribution is 5.81. The molecule has 1 atom stereocenters. The second-order valence-electron chi connectivity index (χ2n) is 4.53. The lowest BCUT2D eigenvalue weighted by atomic mass is 10.2. The second-order valence-corrected chi connectivity index (χ2v) is 4.53. The maximum atomic E-state index is 12.0. The number of hydrogen-bond acceptors (Lipinski definition) is 3. The number of para-hydroxylation sites is 1. The molecule has 1 aromatic carbocycles. The molecule has 1 aliphatic rings. The maximum Gasteiger partial charge on any atom is 0.326 e. The van der Waals surface area contributed by atoms with Gasteiger partial charge < -0.3 is 14.5 Å². The van der Waals surface area contributed by atoms with Crippen LogP contribution in [-0.2, 0) is 11.3 Å². The van der Waals surface area contributed by atoms with Crippen molar-refractivity contribution in [3.05, 3.63) is 28.7 Å². The van der Waals surface area contributed by atoms with Crippen LogP contribution in [0.3, 0.4) is 0 Å². The fourth-order valence-corrected chi connectivity index (χ4v) is 2.52. The minimum Gasteiger partial charge on any atom is -0.494 e. The van der Waals surface area contributed by atoms with Gasteiger partial charge >= 0.3 is 5.69 Å². The Morgan fingerprint density at radius 1 is 1.56 bits per heavy atom. The lowest BCUT2D eigenvalue weighted by molar-refractivity contribution is 0.0971. The van der Waals surface area contributed by atoms with E-state index in [2.05, 4.69) is 4.98 Å². The van der Waals surface area contributed by atoms with Crippen LogP contribution >= 0.6 is 0 Å². The number of fused-ring (bicyclic) bond motifs is 1. The van der Waals surface area contributed by atoms with Gasteiger partial charge in [0.15, 0.2) is 0 Å². The fraction of sp³-hybridized carbons (Fsp3) is 0.462. The Labute approximate surface area is 104 Å². The highest BCUT2D eigenvalue weighted by Crippen LogP contribution is 2.24. The number of nitrogens with zero attached hydrogens (tertiary/aromatic N) is 1. The highest BCUT2D eigenvalue weighted by Gasteiger charge is 2.19. The lowest BCUT2D eigenvalue weighted by Gasteiger charge is -2.11. The van der Waals surface area contributed by atoms with E-state index >= 15 is 0 Å². The molecule has 0 radical (unpaired) electrons. The SMILES string of the molecule is COc1cccc2[nH]c(=O)n(CC3CCCO3)c12. The molecule has 1 aliphatic heterocycles. The molecule has 0 bridgehead atoms. The van der Waals surface area contributed by atoms with Gasteiger partial charge in [-0.15, -0.1) is 0 Å². The summed E-state index contributed by atoms with van der Waals surface area (Å²) in [6.07, 6.45) is 2.21. The largest absolute Gasteiger partial charge is 0.494 e. The third-order valence-electron chi connectivity index (χ3n) is 3.39. The summed E-state index contributed by atoms with van der Waals surface area (Å²) in [6.45, 7) is 1.37. The molecule has 0 spiro atoms. The van der Waals surface area contributed by atoms with Gasteiger partial charge in [-0.05, 0) is 25.0 Å². The van der Waals surface area contributed by atoms with Crippen LogP contribution in [0.5, 0.6) is 5.75 Å². The number of aromatic amines is 1. The molecule has 0 aliphatic carbocycles. The van der Waals surface area contributed by atoms with Crippen LogP contribution in [0.25, 0.3) is 11.0 Å². The molecule has 2 heterocycles. The fourth-order valence-electron chi connectivity index (χ4n) is 2.52. The van der Waals surface area contributed by atoms with Crippen molar-refractivity contribution in [3.63, 3.8) is 0 Å². The summed E-state index contributed by atoms with van der Waals surface area (Å²) in [5.74, 6) is 0.712. The van der Waals surface area contributed by atoms with E-state index in [1.165, 1.54) is 0 Å². The number of aromatic nitrogens is 2. The molecule has 1 fully saturated rings. The highest BCUT2D eigenvalue weighted by atomic mass is 16.5. The molecule has 3 rings (SSSR count). The molecule has 0 amide bonds. The van der Waals surface area contributed by atoms with E-state index in [4.69, 9.17) is 9.47 Å². The van der Waals surface area contributed by atoms with Gasteiger partial charge in [-0.25, -0.2) is 4.79 Å². The maximum absolute atomic E-state index is 12.0. The summed E-state index contributed by atoms with van der Waals surface area (Å²) in [7, 11) is 1.61. The van der Waals surface area contributed by atoms with Crippen LogP contribution in [0.4, 0.5) is 0 Å². The van der Waals surface area contributed by atoms with E-state index in [0.717, 1.165) is 30.5 Å². The first kappa shape index (κ1) is 11.3. The lowest BCUT2D eigenvalue weighted by Crippen LogP contribution is -2.24.